The molecule has 0 aliphatic heterocycles. The van der Waals surface area contributed by atoms with Crippen LogP contribution in [0.4, 0.5) is 0 Å². The standard InChI is InChI=1S/C18H18N2O4S/c1-13-17(20-18(24-13)14-6-4-3-5-7-14)12-19-25(21,22)16-10-8-15(23-2)9-11-16/h3-11,19H,12H2,1-2H3. The van der Waals surface area contributed by atoms with E-state index in [1.54, 1.807) is 19.1 Å². The van der Waals surface area contributed by atoms with Gasteiger partial charge >= 0.3 is 0 Å². The Bertz CT molecular complexity index is 949. The molecule has 7 heteroatoms. The van der Waals surface area contributed by atoms with Crippen molar-refractivity contribution in [2.24, 2.45) is 0 Å². The van der Waals surface area contributed by atoms with Crippen LogP contribution in [0.5, 0.6) is 5.75 Å². The fraction of sp³-hybridized carbons (Fsp3) is 0.167. The molecule has 25 heavy (non-hydrogen) atoms. The van der Waals surface area contributed by atoms with E-state index in [9.17, 15) is 8.42 Å². The fourth-order valence-corrected chi connectivity index (χ4v) is 3.29. The third-order valence-corrected chi connectivity index (χ3v) is 5.13. The Morgan fingerprint density at radius 3 is 2.40 bits per heavy atom. The summed E-state index contributed by atoms with van der Waals surface area (Å²) in [5.74, 6) is 1.65. The van der Waals surface area contributed by atoms with Gasteiger partial charge in [0.15, 0.2) is 0 Å². The Labute approximate surface area is 146 Å². The minimum atomic E-state index is -3.64. The van der Waals surface area contributed by atoms with Gasteiger partial charge in [-0.2, -0.15) is 0 Å². The summed E-state index contributed by atoms with van der Waals surface area (Å²) in [5.41, 5.74) is 1.39. The van der Waals surface area contributed by atoms with E-state index in [2.05, 4.69) is 9.71 Å². The van der Waals surface area contributed by atoms with Crippen molar-refractivity contribution in [3.05, 3.63) is 66.1 Å². The summed E-state index contributed by atoms with van der Waals surface area (Å²) in [5, 5.41) is 0. The molecular formula is C18H18N2O4S. The van der Waals surface area contributed by atoms with Crippen LogP contribution in [0, 0.1) is 6.92 Å². The van der Waals surface area contributed by atoms with Crippen LogP contribution in [0.25, 0.3) is 11.5 Å². The molecule has 0 bridgehead atoms. The van der Waals surface area contributed by atoms with Crippen molar-refractivity contribution in [2.45, 2.75) is 18.4 Å². The van der Waals surface area contributed by atoms with Gasteiger partial charge in [-0.15, -0.1) is 0 Å². The number of aryl methyl sites for hydroxylation is 1. The molecule has 130 valence electrons. The van der Waals surface area contributed by atoms with Gasteiger partial charge in [-0.25, -0.2) is 18.1 Å². The van der Waals surface area contributed by atoms with E-state index in [1.165, 1.54) is 19.2 Å². The molecule has 2 aromatic carbocycles. The van der Waals surface area contributed by atoms with Crippen molar-refractivity contribution in [2.75, 3.05) is 7.11 Å². The van der Waals surface area contributed by atoms with E-state index in [-0.39, 0.29) is 11.4 Å². The number of methoxy groups -OCH3 is 1. The Balaban J connectivity index is 1.75. The van der Waals surface area contributed by atoms with E-state index >= 15 is 0 Å². The highest BCUT2D eigenvalue weighted by atomic mass is 32.2. The lowest BCUT2D eigenvalue weighted by molar-refractivity contribution is 0.414. The van der Waals surface area contributed by atoms with Crippen LogP contribution in [0.2, 0.25) is 0 Å². The normalized spacial score (nSPS) is 11.4. The molecule has 0 saturated heterocycles. The van der Waals surface area contributed by atoms with Gasteiger partial charge in [-0.3, -0.25) is 0 Å². The average molecular weight is 358 g/mol. The third kappa shape index (κ3) is 3.89. The number of oxazole rings is 1. The van der Waals surface area contributed by atoms with E-state index in [1.807, 2.05) is 30.3 Å². The summed E-state index contributed by atoms with van der Waals surface area (Å²) in [4.78, 5) is 4.56. The Morgan fingerprint density at radius 1 is 1.08 bits per heavy atom. The van der Waals surface area contributed by atoms with E-state index in [4.69, 9.17) is 9.15 Å². The number of hydrogen-bond acceptors (Lipinski definition) is 5. The van der Waals surface area contributed by atoms with Crippen LogP contribution >= 0.6 is 0 Å². The van der Waals surface area contributed by atoms with Gasteiger partial charge in [0.1, 0.15) is 11.5 Å². The van der Waals surface area contributed by atoms with Crippen molar-refractivity contribution >= 4 is 10.0 Å². The molecule has 1 heterocycles. The van der Waals surface area contributed by atoms with Crippen molar-refractivity contribution in [1.82, 2.24) is 9.71 Å². The second-order valence-electron chi connectivity index (χ2n) is 5.39. The second kappa shape index (κ2) is 7.08. The van der Waals surface area contributed by atoms with Crippen molar-refractivity contribution in [3.8, 4) is 17.2 Å². The maximum atomic E-state index is 12.4. The first-order valence-corrected chi connectivity index (χ1v) is 9.13. The maximum absolute atomic E-state index is 12.4. The van der Waals surface area contributed by atoms with Gasteiger partial charge in [0.25, 0.3) is 0 Å². The largest absolute Gasteiger partial charge is 0.497 e. The van der Waals surface area contributed by atoms with Crippen LogP contribution in [0.15, 0.2) is 63.9 Å². The number of aromatic nitrogens is 1. The molecule has 3 rings (SSSR count). The summed E-state index contributed by atoms with van der Waals surface area (Å²) < 4.78 is 38.0. The summed E-state index contributed by atoms with van der Waals surface area (Å²) in [6, 6.07) is 15.6. The zero-order valence-corrected chi connectivity index (χ0v) is 14.7. The van der Waals surface area contributed by atoms with Gasteiger partial charge in [-0.1, -0.05) is 18.2 Å². The number of rotatable bonds is 6. The first kappa shape index (κ1) is 17.2. The minimum Gasteiger partial charge on any atom is -0.497 e. The molecule has 1 N–H and O–H groups in total. The Morgan fingerprint density at radius 2 is 1.76 bits per heavy atom. The molecule has 0 amide bonds. The van der Waals surface area contributed by atoms with Crippen molar-refractivity contribution in [1.29, 1.82) is 0 Å². The summed E-state index contributed by atoms with van der Waals surface area (Å²) >= 11 is 0. The quantitative estimate of drug-likeness (QED) is 0.732. The second-order valence-corrected chi connectivity index (χ2v) is 7.15. The lowest BCUT2D eigenvalue weighted by atomic mass is 10.2. The maximum Gasteiger partial charge on any atom is 0.240 e. The van der Waals surface area contributed by atoms with Crippen LogP contribution in [-0.2, 0) is 16.6 Å². The SMILES string of the molecule is COc1ccc(S(=O)(=O)NCc2nc(-c3ccccc3)oc2C)cc1. The zero-order chi connectivity index (χ0) is 17.9. The molecule has 0 radical (unpaired) electrons. The first-order valence-electron chi connectivity index (χ1n) is 7.65. The molecule has 0 atom stereocenters. The molecule has 0 spiro atoms. The van der Waals surface area contributed by atoms with Gasteiger partial charge in [-0.05, 0) is 43.3 Å². The lowest BCUT2D eigenvalue weighted by Gasteiger charge is -2.06. The average Bonchev–Trinajstić information content (AvgIpc) is 3.02. The third-order valence-electron chi connectivity index (χ3n) is 3.71. The molecule has 0 fully saturated rings. The molecule has 0 saturated carbocycles. The molecule has 0 aliphatic rings. The summed E-state index contributed by atoms with van der Waals surface area (Å²) in [7, 11) is -2.12. The number of nitrogens with zero attached hydrogens (tertiary/aromatic N) is 1. The van der Waals surface area contributed by atoms with E-state index in [0.29, 0.717) is 23.1 Å². The number of ether oxygens (including phenoxy) is 1. The van der Waals surface area contributed by atoms with Crippen LogP contribution < -0.4 is 9.46 Å². The highest BCUT2D eigenvalue weighted by Crippen LogP contribution is 2.22. The summed E-state index contributed by atoms with van der Waals surface area (Å²) in [6.45, 7) is 1.81. The Hall–Kier alpha value is -2.64. The predicted octanol–water partition coefficient (Wildman–Crippen LogP) is 3.14. The molecule has 6 nitrogen and oxygen atoms in total. The van der Waals surface area contributed by atoms with Gasteiger partial charge in [0.05, 0.1) is 24.2 Å². The number of nitrogens with one attached hydrogen (secondary N) is 1. The monoisotopic (exact) mass is 358 g/mol. The Kier molecular flexibility index (Phi) is 4.87. The topological polar surface area (TPSA) is 81.4 Å². The zero-order valence-electron chi connectivity index (χ0n) is 13.9. The van der Waals surface area contributed by atoms with E-state index in [0.717, 1.165) is 5.56 Å². The molecular weight excluding hydrogens is 340 g/mol. The van der Waals surface area contributed by atoms with Crippen LogP contribution in [-0.4, -0.2) is 20.5 Å². The molecule has 3 aromatic rings. The fourth-order valence-electron chi connectivity index (χ4n) is 2.30. The highest BCUT2D eigenvalue weighted by Gasteiger charge is 2.17. The number of benzene rings is 2. The predicted molar refractivity (Wildman–Crippen MR) is 93.7 cm³/mol. The molecule has 0 unspecified atom stereocenters. The van der Waals surface area contributed by atoms with Crippen LogP contribution in [0.3, 0.4) is 0 Å². The number of sulfonamides is 1. The van der Waals surface area contributed by atoms with Gasteiger partial charge in [0, 0.05) is 5.56 Å². The molecule has 0 aliphatic carbocycles. The van der Waals surface area contributed by atoms with Gasteiger partial charge < -0.3 is 9.15 Å². The lowest BCUT2D eigenvalue weighted by Crippen LogP contribution is -2.23. The van der Waals surface area contributed by atoms with Gasteiger partial charge in [0.2, 0.25) is 15.9 Å². The highest BCUT2D eigenvalue weighted by molar-refractivity contribution is 7.89. The summed E-state index contributed by atoms with van der Waals surface area (Å²) in [6.07, 6.45) is 0. The smallest absolute Gasteiger partial charge is 0.240 e. The van der Waals surface area contributed by atoms with Crippen molar-refractivity contribution in [3.63, 3.8) is 0 Å². The number of hydrogen-bond donors (Lipinski definition) is 1. The molecule has 1 aromatic heterocycles. The van der Waals surface area contributed by atoms with E-state index < -0.39 is 10.0 Å². The van der Waals surface area contributed by atoms with Crippen LogP contribution in [0.1, 0.15) is 11.5 Å². The first-order chi connectivity index (χ1) is 12.0. The minimum absolute atomic E-state index is 0.0521. The van der Waals surface area contributed by atoms with Crippen molar-refractivity contribution < 1.29 is 17.6 Å².